The number of hydrogen-bond donors (Lipinski definition) is 1. The Bertz CT molecular complexity index is 639. The van der Waals surface area contributed by atoms with E-state index in [9.17, 15) is 14.0 Å². The molecule has 0 aromatic heterocycles. The number of hydrogen-bond acceptors (Lipinski definition) is 4. The number of amides is 1. The summed E-state index contributed by atoms with van der Waals surface area (Å²) in [6.45, 7) is 1.97. The topological polar surface area (TPSA) is 64.1 Å². The molecule has 3 rings (SSSR count). The van der Waals surface area contributed by atoms with Gasteiger partial charge >= 0.3 is 5.97 Å². The molecule has 7 heteroatoms. The van der Waals surface area contributed by atoms with Crippen molar-refractivity contribution >= 4 is 17.6 Å². The van der Waals surface area contributed by atoms with Gasteiger partial charge in [-0.15, -0.1) is 0 Å². The van der Waals surface area contributed by atoms with Gasteiger partial charge in [0, 0.05) is 25.3 Å². The molecule has 1 amide bonds. The number of carbonyl (C=O) groups is 2. The fourth-order valence-corrected chi connectivity index (χ4v) is 3.55. The summed E-state index contributed by atoms with van der Waals surface area (Å²) in [6, 6.07) is 6.03. The van der Waals surface area contributed by atoms with Crippen molar-refractivity contribution in [1.82, 2.24) is 9.80 Å². The van der Waals surface area contributed by atoms with Crippen LogP contribution < -0.4 is 4.90 Å². The van der Waals surface area contributed by atoms with Crippen LogP contribution in [0.25, 0.3) is 0 Å². The molecule has 2 fully saturated rings. The van der Waals surface area contributed by atoms with Crippen molar-refractivity contribution in [3.05, 3.63) is 30.1 Å². The normalized spacial score (nSPS) is 26.2. The van der Waals surface area contributed by atoms with E-state index in [1.165, 1.54) is 12.1 Å². The predicted octanol–water partition coefficient (Wildman–Crippen LogP) is 0.633. The molecule has 1 aromatic rings. The second kappa shape index (κ2) is 5.90. The van der Waals surface area contributed by atoms with E-state index in [2.05, 4.69) is 0 Å². The van der Waals surface area contributed by atoms with Gasteiger partial charge in [-0.05, 0) is 31.7 Å². The van der Waals surface area contributed by atoms with Crippen LogP contribution in [-0.2, 0) is 9.59 Å². The molecule has 2 aliphatic rings. The lowest BCUT2D eigenvalue weighted by Gasteiger charge is -2.47. The molecule has 1 N–H and O–H groups in total. The number of likely N-dealkylation sites (tertiary alicyclic amines) is 1. The van der Waals surface area contributed by atoms with Gasteiger partial charge in [-0.1, -0.05) is 6.07 Å². The van der Waals surface area contributed by atoms with Crippen LogP contribution in [0.1, 0.15) is 6.42 Å². The molecule has 0 aliphatic carbocycles. The highest BCUT2D eigenvalue weighted by atomic mass is 19.1. The fraction of sp³-hybridized carbons (Fsp3) is 0.500. The number of rotatable bonds is 3. The molecule has 0 unspecified atom stereocenters. The third kappa shape index (κ3) is 3.07. The lowest BCUT2D eigenvalue weighted by molar-refractivity contribution is -0.138. The molecular weight excluding hydrogens is 301 g/mol. The third-order valence-corrected chi connectivity index (χ3v) is 4.83. The Kier molecular flexibility index (Phi) is 4.08. The van der Waals surface area contributed by atoms with Crippen molar-refractivity contribution < 1.29 is 19.1 Å². The first-order valence-electron chi connectivity index (χ1n) is 7.61. The van der Waals surface area contributed by atoms with Crippen LogP contribution in [0.4, 0.5) is 10.1 Å². The van der Waals surface area contributed by atoms with E-state index >= 15 is 0 Å². The van der Waals surface area contributed by atoms with Crippen LogP contribution >= 0.6 is 0 Å². The van der Waals surface area contributed by atoms with Crippen LogP contribution in [0.2, 0.25) is 0 Å². The van der Waals surface area contributed by atoms with E-state index in [-0.39, 0.29) is 30.4 Å². The van der Waals surface area contributed by atoms with Gasteiger partial charge in [0.25, 0.3) is 0 Å². The SMILES string of the molecule is CN1CC(=O)N(c2cccc(F)c2)C[C@@]12CCN(CC(=O)O)C2. The number of carbonyl (C=O) groups excluding carboxylic acids is 1. The van der Waals surface area contributed by atoms with Crippen molar-refractivity contribution in [2.75, 3.05) is 44.7 Å². The lowest BCUT2D eigenvalue weighted by Crippen LogP contribution is -2.64. The minimum atomic E-state index is -0.849. The largest absolute Gasteiger partial charge is 0.480 e. The number of halogens is 1. The molecule has 6 nitrogen and oxygen atoms in total. The van der Waals surface area contributed by atoms with E-state index in [0.29, 0.717) is 25.3 Å². The number of benzene rings is 1. The van der Waals surface area contributed by atoms with E-state index < -0.39 is 5.97 Å². The second-order valence-corrected chi connectivity index (χ2v) is 6.39. The maximum Gasteiger partial charge on any atom is 0.317 e. The molecule has 2 heterocycles. The Morgan fingerprint density at radius 3 is 2.87 bits per heavy atom. The summed E-state index contributed by atoms with van der Waals surface area (Å²) in [4.78, 5) is 28.8. The summed E-state index contributed by atoms with van der Waals surface area (Å²) < 4.78 is 13.5. The first kappa shape index (κ1) is 15.9. The molecule has 1 aromatic carbocycles. The van der Waals surface area contributed by atoms with E-state index in [1.807, 2.05) is 16.8 Å². The monoisotopic (exact) mass is 321 g/mol. The van der Waals surface area contributed by atoms with Crippen molar-refractivity contribution in [3.8, 4) is 0 Å². The number of likely N-dealkylation sites (N-methyl/N-ethyl adjacent to an activating group) is 1. The Balaban J connectivity index is 1.82. The number of aliphatic carboxylic acids is 1. The van der Waals surface area contributed by atoms with Gasteiger partial charge in [0.05, 0.1) is 18.6 Å². The maximum atomic E-state index is 13.5. The van der Waals surface area contributed by atoms with E-state index in [1.54, 1.807) is 17.0 Å². The van der Waals surface area contributed by atoms with Gasteiger partial charge in [0.1, 0.15) is 5.82 Å². The molecule has 2 aliphatic heterocycles. The molecule has 23 heavy (non-hydrogen) atoms. The fourth-order valence-electron chi connectivity index (χ4n) is 3.55. The van der Waals surface area contributed by atoms with Crippen molar-refractivity contribution in [1.29, 1.82) is 0 Å². The lowest BCUT2D eigenvalue weighted by atomic mass is 9.92. The van der Waals surface area contributed by atoms with Crippen LogP contribution in [0.3, 0.4) is 0 Å². The van der Waals surface area contributed by atoms with Gasteiger partial charge in [-0.3, -0.25) is 19.4 Å². The molecular formula is C16H20FN3O3. The molecule has 0 bridgehead atoms. The van der Waals surface area contributed by atoms with Gasteiger partial charge in [0.2, 0.25) is 5.91 Å². The highest BCUT2D eigenvalue weighted by Crippen LogP contribution is 2.33. The average Bonchev–Trinajstić information content (AvgIpc) is 2.86. The van der Waals surface area contributed by atoms with Crippen molar-refractivity contribution in [3.63, 3.8) is 0 Å². The molecule has 124 valence electrons. The number of nitrogens with zero attached hydrogens (tertiary/aromatic N) is 3. The zero-order chi connectivity index (χ0) is 16.6. The van der Waals surface area contributed by atoms with E-state index in [0.717, 1.165) is 6.42 Å². The Morgan fingerprint density at radius 2 is 2.17 bits per heavy atom. The number of carboxylic acid groups (broad SMARTS) is 1. The Hall–Kier alpha value is -1.99. The third-order valence-electron chi connectivity index (χ3n) is 4.83. The summed E-state index contributed by atoms with van der Waals surface area (Å²) in [5.74, 6) is -1.29. The van der Waals surface area contributed by atoms with Crippen molar-refractivity contribution in [2.24, 2.45) is 0 Å². The van der Waals surface area contributed by atoms with E-state index in [4.69, 9.17) is 5.11 Å². The predicted molar refractivity (Wildman–Crippen MR) is 82.8 cm³/mol. The standard InChI is InChI=1S/C16H20FN3O3/c1-18-8-14(21)20(13-4-2-3-12(17)7-13)11-16(18)5-6-19(10-16)9-15(22)23/h2-4,7H,5-6,8-11H2,1H3,(H,22,23)/t16-/m0/s1. The summed E-state index contributed by atoms with van der Waals surface area (Å²) in [7, 11) is 1.89. The molecule has 0 radical (unpaired) electrons. The smallest absolute Gasteiger partial charge is 0.317 e. The summed E-state index contributed by atoms with van der Waals surface area (Å²) in [6.07, 6.45) is 0.788. The quantitative estimate of drug-likeness (QED) is 0.885. The highest BCUT2D eigenvalue weighted by molar-refractivity contribution is 5.96. The zero-order valence-corrected chi connectivity index (χ0v) is 13.0. The van der Waals surface area contributed by atoms with Gasteiger partial charge in [-0.25, -0.2) is 4.39 Å². The van der Waals surface area contributed by atoms with Crippen LogP contribution in [0.5, 0.6) is 0 Å². The number of carboxylic acids is 1. The number of anilines is 1. The maximum absolute atomic E-state index is 13.5. The number of piperazine rings is 1. The first-order chi connectivity index (χ1) is 10.9. The zero-order valence-electron chi connectivity index (χ0n) is 13.0. The molecule has 0 saturated carbocycles. The van der Waals surface area contributed by atoms with Gasteiger partial charge < -0.3 is 10.0 Å². The minimum Gasteiger partial charge on any atom is -0.480 e. The van der Waals surface area contributed by atoms with Gasteiger partial charge in [0.15, 0.2) is 0 Å². The van der Waals surface area contributed by atoms with Crippen LogP contribution in [0, 0.1) is 5.82 Å². The molecule has 2 saturated heterocycles. The van der Waals surface area contributed by atoms with Gasteiger partial charge in [-0.2, -0.15) is 0 Å². The summed E-state index contributed by atoms with van der Waals surface area (Å²) >= 11 is 0. The van der Waals surface area contributed by atoms with Crippen LogP contribution in [0.15, 0.2) is 24.3 Å². The molecule has 1 spiro atoms. The second-order valence-electron chi connectivity index (χ2n) is 6.39. The Morgan fingerprint density at radius 1 is 1.39 bits per heavy atom. The minimum absolute atomic E-state index is 0.00347. The van der Waals surface area contributed by atoms with Crippen molar-refractivity contribution in [2.45, 2.75) is 12.0 Å². The Labute approximate surface area is 134 Å². The highest BCUT2D eigenvalue weighted by Gasteiger charge is 2.47. The summed E-state index contributed by atoms with van der Waals surface area (Å²) in [5, 5.41) is 8.97. The average molecular weight is 321 g/mol. The van der Waals surface area contributed by atoms with Crippen LogP contribution in [-0.4, -0.2) is 72.1 Å². The summed E-state index contributed by atoms with van der Waals surface area (Å²) in [5.41, 5.74) is 0.273. The molecule has 1 atom stereocenters. The first-order valence-corrected chi connectivity index (χ1v) is 7.61.